The van der Waals surface area contributed by atoms with Crippen LogP contribution in [0.3, 0.4) is 0 Å². The molecule has 0 aliphatic carbocycles. The molecule has 0 unspecified atom stereocenters. The number of nitrogens with one attached hydrogen (secondary N) is 1. The Morgan fingerprint density at radius 1 is 1.04 bits per heavy atom. The zero-order valence-electron chi connectivity index (χ0n) is 17.4. The van der Waals surface area contributed by atoms with E-state index in [0.29, 0.717) is 29.7 Å². The molecule has 0 saturated carbocycles. The average molecular weight is 374 g/mol. The third-order valence-electron chi connectivity index (χ3n) is 5.96. The molecule has 2 aliphatic heterocycles. The maximum atomic E-state index is 12.3. The summed E-state index contributed by atoms with van der Waals surface area (Å²) in [6.45, 7) is 12.3. The molecule has 6 heteroatoms. The van der Waals surface area contributed by atoms with Crippen molar-refractivity contribution in [3.05, 3.63) is 12.4 Å². The summed E-state index contributed by atoms with van der Waals surface area (Å²) >= 11 is 0. The molecule has 0 atom stereocenters. The molecule has 0 aromatic carbocycles. The molecule has 2 saturated heterocycles. The first kappa shape index (κ1) is 19.9. The number of hydrogen-bond acceptors (Lipinski definition) is 5. The van der Waals surface area contributed by atoms with Crippen LogP contribution in [0.1, 0.15) is 59.8 Å². The van der Waals surface area contributed by atoms with Gasteiger partial charge in [-0.15, -0.1) is 0 Å². The maximum Gasteiger partial charge on any atom is 0.225 e. The first-order valence-corrected chi connectivity index (χ1v) is 10.5. The highest BCUT2D eigenvalue weighted by molar-refractivity contribution is 5.76. The quantitative estimate of drug-likeness (QED) is 0.855. The minimum Gasteiger partial charge on any atom is -0.380 e. The highest BCUT2D eigenvalue weighted by atomic mass is 16.2. The van der Waals surface area contributed by atoms with Crippen LogP contribution in [0, 0.1) is 11.3 Å². The van der Waals surface area contributed by atoms with Gasteiger partial charge in [0.25, 0.3) is 0 Å². The molecule has 3 rings (SSSR count). The Kier molecular flexibility index (Phi) is 6.22. The van der Waals surface area contributed by atoms with E-state index in [4.69, 9.17) is 0 Å². The van der Waals surface area contributed by atoms with E-state index in [2.05, 4.69) is 52.8 Å². The summed E-state index contributed by atoms with van der Waals surface area (Å²) in [5.41, 5.74) is 1.38. The lowest BCUT2D eigenvalue weighted by atomic mass is 9.71. The molecule has 6 nitrogen and oxygen atoms in total. The third-order valence-corrected chi connectivity index (χ3v) is 5.96. The van der Waals surface area contributed by atoms with Crippen LogP contribution in [-0.2, 0) is 4.79 Å². The molecule has 1 aromatic heterocycles. The van der Waals surface area contributed by atoms with Crippen LogP contribution in [0.25, 0.3) is 0 Å². The van der Waals surface area contributed by atoms with Crippen molar-refractivity contribution in [2.75, 3.05) is 36.4 Å². The van der Waals surface area contributed by atoms with E-state index in [0.717, 1.165) is 50.7 Å². The molecule has 150 valence electrons. The predicted molar refractivity (Wildman–Crippen MR) is 110 cm³/mol. The van der Waals surface area contributed by atoms with Crippen molar-refractivity contribution in [2.24, 2.45) is 11.3 Å². The summed E-state index contributed by atoms with van der Waals surface area (Å²) in [4.78, 5) is 25.8. The highest BCUT2D eigenvalue weighted by Crippen LogP contribution is 2.41. The largest absolute Gasteiger partial charge is 0.380 e. The van der Waals surface area contributed by atoms with Gasteiger partial charge in [-0.1, -0.05) is 13.8 Å². The molecule has 0 bridgehead atoms. The van der Waals surface area contributed by atoms with Crippen molar-refractivity contribution >= 4 is 17.5 Å². The molecule has 2 fully saturated rings. The number of nitrogens with zero attached hydrogens (tertiary/aromatic N) is 4. The Morgan fingerprint density at radius 3 is 2.11 bits per heavy atom. The molecule has 1 aromatic rings. The Hall–Kier alpha value is -1.85. The van der Waals surface area contributed by atoms with Gasteiger partial charge in [0.15, 0.2) is 0 Å². The van der Waals surface area contributed by atoms with E-state index in [9.17, 15) is 4.79 Å². The number of hydrogen-bond donors (Lipinski definition) is 1. The van der Waals surface area contributed by atoms with Crippen molar-refractivity contribution in [2.45, 2.75) is 65.8 Å². The van der Waals surface area contributed by atoms with Crippen LogP contribution >= 0.6 is 0 Å². The van der Waals surface area contributed by atoms with Crippen molar-refractivity contribution in [3.63, 3.8) is 0 Å². The van der Waals surface area contributed by atoms with E-state index in [-0.39, 0.29) is 0 Å². The van der Waals surface area contributed by atoms with Crippen LogP contribution in [-0.4, -0.2) is 53.0 Å². The first-order valence-electron chi connectivity index (χ1n) is 10.5. The fraction of sp³-hybridized carbons (Fsp3) is 0.762. The summed E-state index contributed by atoms with van der Waals surface area (Å²) in [5.74, 6) is 1.61. The molecule has 0 radical (unpaired) electrons. The second kappa shape index (κ2) is 8.44. The molecule has 1 amide bonds. The average Bonchev–Trinajstić information content (AvgIpc) is 2.63. The van der Waals surface area contributed by atoms with E-state index in [1.165, 1.54) is 12.8 Å². The summed E-state index contributed by atoms with van der Waals surface area (Å²) in [5, 5.41) is 3.33. The first-order chi connectivity index (χ1) is 12.9. The fourth-order valence-corrected chi connectivity index (χ4v) is 4.28. The third kappa shape index (κ3) is 5.11. The Bertz CT molecular complexity index is 610. The zero-order valence-corrected chi connectivity index (χ0v) is 17.4. The summed E-state index contributed by atoms with van der Waals surface area (Å²) < 4.78 is 0. The van der Waals surface area contributed by atoms with E-state index < -0.39 is 0 Å². The lowest BCUT2D eigenvalue weighted by Gasteiger charge is -2.47. The maximum absolute atomic E-state index is 12.3. The van der Waals surface area contributed by atoms with Crippen molar-refractivity contribution in [1.29, 1.82) is 0 Å². The van der Waals surface area contributed by atoms with Gasteiger partial charge in [0.05, 0.1) is 18.1 Å². The number of aromatic nitrogens is 2. The number of carbonyl (C=O) groups is 1. The normalized spacial score (nSPS) is 19.8. The number of piperidine rings is 2. The van der Waals surface area contributed by atoms with Gasteiger partial charge in [0.1, 0.15) is 0 Å². The van der Waals surface area contributed by atoms with Crippen LogP contribution in [0.4, 0.5) is 11.6 Å². The predicted octanol–water partition coefficient (Wildman–Crippen LogP) is 3.55. The van der Waals surface area contributed by atoms with Gasteiger partial charge in [0.2, 0.25) is 11.9 Å². The molecule has 2 aliphatic rings. The van der Waals surface area contributed by atoms with Gasteiger partial charge < -0.3 is 15.1 Å². The highest BCUT2D eigenvalue weighted by Gasteiger charge is 2.38. The summed E-state index contributed by atoms with van der Waals surface area (Å²) in [6.07, 6.45) is 9.07. The Morgan fingerprint density at radius 2 is 1.59 bits per heavy atom. The fourth-order valence-electron chi connectivity index (χ4n) is 4.28. The van der Waals surface area contributed by atoms with Crippen molar-refractivity contribution < 1.29 is 4.79 Å². The van der Waals surface area contributed by atoms with E-state index in [1.54, 1.807) is 0 Å². The van der Waals surface area contributed by atoms with Crippen molar-refractivity contribution in [3.8, 4) is 0 Å². The monoisotopic (exact) mass is 373 g/mol. The molecular weight excluding hydrogens is 338 g/mol. The van der Waals surface area contributed by atoms with Gasteiger partial charge in [-0.2, -0.15) is 0 Å². The van der Waals surface area contributed by atoms with Crippen LogP contribution < -0.4 is 10.2 Å². The van der Waals surface area contributed by atoms with Crippen LogP contribution in [0.2, 0.25) is 0 Å². The van der Waals surface area contributed by atoms with Gasteiger partial charge >= 0.3 is 0 Å². The van der Waals surface area contributed by atoms with E-state index in [1.807, 2.05) is 12.4 Å². The lowest BCUT2D eigenvalue weighted by molar-refractivity contribution is -0.134. The number of anilines is 2. The second-order valence-electron chi connectivity index (χ2n) is 9.04. The van der Waals surface area contributed by atoms with E-state index >= 15 is 0 Å². The molecule has 3 heterocycles. The minimum absolute atomic E-state index is 0.334. The minimum atomic E-state index is 0.334. The smallest absolute Gasteiger partial charge is 0.225 e. The number of rotatable bonds is 5. The van der Waals surface area contributed by atoms with Gasteiger partial charge in [-0.3, -0.25) is 4.79 Å². The van der Waals surface area contributed by atoms with Gasteiger partial charge in [-0.05, 0) is 50.9 Å². The Balaban J connectivity index is 1.50. The zero-order chi connectivity index (χ0) is 19.4. The summed E-state index contributed by atoms with van der Waals surface area (Å²) in [6, 6.07) is 0.382. The molecule has 1 N–H and O–H groups in total. The number of likely N-dealkylation sites (tertiary alicyclic amines) is 1. The number of amides is 1. The molecule has 1 spiro atoms. The van der Waals surface area contributed by atoms with Crippen LogP contribution in [0.15, 0.2) is 12.4 Å². The second-order valence-corrected chi connectivity index (χ2v) is 9.04. The summed E-state index contributed by atoms with van der Waals surface area (Å²) in [7, 11) is 0. The molecule has 27 heavy (non-hydrogen) atoms. The lowest BCUT2D eigenvalue weighted by Crippen LogP contribution is -2.48. The van der Waals surface area contributed by atoms with Gasteiger partial charge in [0, 0.05) is 38.6 Å². The van der Waals surface area contributed by atoms with Crippen LogP contribution in [0.5, 0.6) is 0 Å². The number of carbonyl (C=O) groups excluding carboxylic acids is 1. The van der Waals surface area contributed by atoms with Gasteiger partial charge in [-0.25, -0.2) is 9.97 Å². The standard InChI is InChI=1S/C21H35N5O/c1-16(2)13-19(27)25-9-5-21(6-10-25)7-11-26(12-8-21)20-22-14-18(15-23-20)24-17(3)4/h14-17,24H,5-13H2,1-4H3. The molecular formula is C21H35N5O. The Labute approximate surface area is 163 Å². The van der Waals surface area contributed by atoms with Crippen molar-refractivity contribution in [1.82, 2.24) is 14.9 Å². The topological polar surface area (TPSA) is 61.4 Å². The SMILES string of the molecule is CC(C)CC(=O)N1CCC2(CC1)CCN(c1ncc(NC(C)C)cn1)CC2.